The van der Waals surface area contributed by atoms with Crippen molar-refractivity contribution in [2.75, 3.05) is 18.5 Å². The number of rotatable bonds is 7. The van der Waals surface area contributed by atoms with Gasteiger partial charge in [0.25, 0.3) is 11.8 Å². The van der Waals surface area contributed by atoms with Crippen molar-refractivity contribution in [2.24, 2.45) is 0 Å². The molecule has 1 fully saturated rings. The minimum Gasteiger partial charge on any atom is -0.381 e. The average Bonchev–Trinajstić information content (AvgIpc) is 3.32. The largest absolute Gasteiger partial charge is 0.381 e. The number of nitrogens with one attached hydrogen (secondary N) is 2. The molecule has 7 nitrogen and oxygen atoms in total. The molecule has 182 valence electrons. The average molecular weight is 499 g/mol. The highest BCUT2D eigenvalue weighted by Gasteiger charge is 2.42. The van der Waals surface area contributed by atoms with Gasteiger partial charge in [-0.2, -0.15) is 0 Å². The third kappa shape index (κ3) is 5.35. The van der Waals surface area contributed by atoms with E-state index in [9.17, 15) is 9.59 Å². The topological polar surface area (TPSA) is 93.2 Å². The van der Waals surface area contributed by atoms with Crippen LogP contribution >= 0.6 is 11.3 Å². The molecule has 36 heavy (non-hydrogen) atoms. The standard InChI is InChI=1S/C28H26N4O3S/c33-25(22-13-7-8-16-29-22)32-28(14-17-35-18-15-28)26(34)31-27-30-24(21-11-5-2-6-12-21)23(36-27)19-20-9-3-1-4-10-20/h1-13,16H,14-15,17-19H2,(H,32,33)(H,30,31,34). The first-order valence-corrected chi connectivity index (χ1v) is 12.7. The van der Waals surface area contributed by atoms with E-state index in [0.29, 0.717) is 37.6 Å². The van der Waals surface area contributed by atoms with Crippen molar-refractivity contribution in [2.45, 2.75) is 24.8 Å². The van der Waals surface area contributed by atoms with E-state index in [4.69, 9.17) is 9.72 Å². The summed E-state index contributed by atoms with van der Waals surface area (Å²) in [5.41, 5.74) is 2.16. The maximum atomic E-state index is 13.6. The zero-order valence-electron chi connectivity index (χ0n) is 19.6. The molecule has 1 saturated heterocycles. The maximum Gasteiger partial charge on any atom is 0.270 e. The van der Waals surface area contributed by atoms with Crippen LogP contribution in [0.1, 0.15) is 33.8 Å². The fourth-order valence-electron chi connectivity index (χ4n) is 4.25. The summed E-state index contributed by atoms with van der Waals surface area (Å²) in [7, 11) is 0. The van der Waals surface area contributed by atoms with Gasteiger partial charge in [-0.15, -0.1) is 11.3 Å². The van der Waals surface area contributed by atoms with Gasteiger partial charge in [0, 0.05) is 49.1 Å². The summed E-state index contributed by atoms with van der Waals surface area (Å²) < 4.78 is 5.50. The van der Waals surface area contributed by atoms with Gasteiger partial charge in [0.2, 0.25) is 0 Å². The molecule has 0 saturated carbocycles. The van der Waals surface area contributed by atoms with Gasteiger partial charge in [0.05, 0.1) is 5.69 Å². The summed E-state index contributed by atoms with van der Waals surface area (Å²) in [5.74, 6) is -0.684. The van der Waals surface area contributed by atoms with Crippen LogP contribution in [0.25, 0.3) is 11.3 Å². The highest BCUT2D eigenvalue weighted by atomic mass is 32.1. The Bertz CT molecular complexity index is 1320. The first-order valence-electron chi connectivity index (χ1n) is 11.8. The zero-order valence-corrected chi connectivity index (χ0v) is 20.5. The Morgan fingerprint density at radius 1 is 0.917 bits per heavy atom. The molecule has 4 aromatic rings. The molecule has 1 aliphatic rings. The van der Waals surface area contributed by atoms with E-state index in [1.807, 2.05) is 48.5 Å². The van der Waals surface area contributed by atoms with Gasteiger partial charge in [-0.25, -0.2) is 4.98 Å². The van der Waals surface area contributed by atoms with E-state index < -0.39 is 5.54 Å². The molecule has 0 bridgehead atoms. The second kappa shape index (κ2) is 10.8. The van der Waals surface area contributed by atoms with Crippen molar-refractivity contribution in [1.82, 2.24) is 15.3 Å². The Morgan fingerprint density at radius 2 is 1.61 bits per heavy atom. The van der Waals surface area contributed by atoms with E-state index in [-0.39, 0.29) is 17.5 Å². The van der Waals surface area contributed by atoms with Crippen LogP contribution in [0.4, 0.5) is 5.13 Å². The molecular formula is C28H26N4O3S. The first-order chi connectivity index (χ1) is 17.6. The second-order valence-corrected chi connectivity index (χ2v) is 9.72. The predicted molar refractivity (Wildman–Crippen MR) is 140 cm³/mol. The smallest absolute Gasteiger partial charge is 0.270 e. The number of ether oxygens (including phenoxy) is 1. The number of carbonyl (C=O) groups is 2. The lowest BCUT2D eigenvalue weighted by atomic mass is 9.88. The molecule has 0 spiro atoms. The highest BCUT2D eigenvalue weighted by molar-refractivity contribution is 7.16. The Hall–Kier alpha value is -3.88. The number of thiazole rings is 1. The lowest BCUT2D eigenvalue weighted by Gasteiger charge is -2.36. The minimum absolute atomic E-state index is 0.266. The molecule has 0 unspecified atom stereocenters. The fraction of sp³-hybridized carbons (Fsp3) is 0.214. The number of nitrogens with zero attached hydrogens (tertiary/aromatic N) is 2. The number of hydrogen-bond donors (Lipinski definition) is 2. The van der Waals surface area contributed by atoms with Gasteiger partial charge in [0.15, 0.2) is 5.13 Å². The van der Waals surface area contributed by atoms with Crippen molar-refractivity contribution < 1.29 is 14.3 Å². The van der Waals surface area contributed by atoms with E-state index in [1.54, 1.807) is 24.4 Å². The Kier molecular flexibility index (Phi) is 7.16. The van der Waals surface area contributed by atoms with Gasteiger partial charge in [0.1, 0.15) is 11.2 Å². The quantitative estimate of drug-likeness (QED) is 0.385. The molecule has 5 rings (SSSR count). The maximum absolute atomic E-state index is 13.6. The van der Waals surface area contributed by atoms with Gasteiger partial charge < -0.3 is 10.1 Å². The molecule has 2 aromatic carbocycles. The summed E-state index contributed by atoms with van der Waals surface area (Å²) in [6, 6.07) is 25.2. The molecule has 3 heterocycles. The van der Waals surface area contributed by atoms with Crippen LogP contribution in [0, 0.1) is 0 Å². The third-order valence-electron chi connectivity index (χ3n) is 6.20. The minimum atomic E-state index is -1.11. The lowest BCUT2D eigenvalue weighted by molar-refractivity contribution is -0.125. The van der Waals surface area contributed by atoms with Crippen molar-refractivity contribution >= 4 is 28.3 Å². The third-order valence-corrected chi connectivity index (χ3v) is 7.17. The van der Waals surface area contributed by atoms with E-state index in [0.717, 1.165) is 16.1 Å². The molecule has 2 aromatic heterocycles. The van der Waals surface area contributed by atoms with Gasteiger partial charge in [-0.3, -0.25) is 19.9 Å². The normalized spacial score (nSPS) is 14.7. The molecule has 2 N–H and O–H groups in total. The molecular weight excluding hydrogens is 472 g/mol. The SMILES string of the molecule is O=C(NC1(C(=O)Nc2nc(-c3ccccc3)c(Cc3ccccc3)s2)CCOCC1)c1ccccn1. The predicted octanol–water partition coefficient (Wildman–Crippen LogP) is 4.71. The number of hydrogen-bond acceptors (Lipinski definition) is 6. The van der Waals surface area contributed by atoms with Crippen LogP contribution in [0.3, 0.4) is 0 Å². The monoisotopic (exact) mass is 498 g/mol. The first kappa shape index (κ1) is 23.8. The number of benzene rings is 2. The summed E-state index contributed by atoms with van der Waals surface area (Å²) >= 11 is 1.46. The molecule has 0 radical (unpaired) electrons. The van der Waals surface area contributed by atoms with Gasteiger partial charge >= 0.3 is 0 Å². The Morgan fingerprint density at radius 3 is 2.31 bits per heavy atom. The number of amides is 2. The highest BCUT2D eigenvalue weighted by Crippen LogP contribution is 2.34. The molecule has 8 heteroatoms. The molecule has 2 amide bonds. The van der Waals surface area contributed by atoms with Crippen LogP contribution < -0.4 is 10.6 Å². The van der Waals surface area contributed by atoms with Crippen molar-refractivity contribution in [3.63, 3.8) is 0 Å². The van der Waals surface area contributed by atoms with Crippen molar-refractivity contribution in [3.05, 3.63) is 101 Å². The fourth-order valence-corrected chi connectivity index (χ4v) is 5.26. The molecule has 1 aliphatic heterocycles. The lowest BCUT2D eigenvalue weighted by Crippen LogP contribution is -2.59. The van der Waals surface area contributed by atoms with E-state index in [2.05, 4.69) is 27.8 Å². The Balaban J connectivity index is 1.42. The second-order valence-electron chi connectivity index (χ2n) is 8.64. The number of pyridine rings is 1. The summed E-state index contributed by atoms with van der Waals surface area (Å²) in [5, 5.41) is 6.45. The summed E-state index contributed by atoms with van der Waals surface area (Å²) in [6.07, 6.45) is 2.99. The van der Waals surface area contributed by atoms with Crippen LogP contribution in [-0.4, -0.2) is 40.5 Å². The van der Waals surface area contributed by atoms with Crippen LogP contribution in [0.15, 0.2) is 85.1 Å². The van der Waals surface area contributed by atoms with Crippen molar-refractivity contribution in [1.29, 1.82) is 0 Å². The van der Waals surface area contributed by atoms with Crippen LogP contribution in [-0.2, 0) is 16.0 Å². The number of carbonyl (C=O) groups excluding carboxylic acids is 2. The van der Waals surface area contributed by atoms with Gasteiger partial charge in [-0.1, -0.05) is 66.7 Å². The summed E-state index contributed by atoms with van der Waals surface area (Å²) in [6.45, 7) is 0.755. The Labute approximate surface area is 213 Å². The van der Waals surface area contributed by atoms with E-state index in [1.165, 1.54) is 16.9 Å². The van der Waals surface area contributed by atoms with Crippen LogP contribution in [0.5, 0.6) is 0 Å². The molecule has 0 aliphatic carbocycles. The van der Waals surface area contributed by atoms with Crippen LogP contribution in [0.2, 0.25) is 0 Å². The molecule has 0 atom stereocenters. The zero-order chi connectivity index (χ0) is 24.8. The number of aromatic nitrogens is 2. The van der Waals surface area contributed by atoms with E-state index >= 15 is 0 Å². The van der Waals surface area contributed by atoms with Gasteiger partial charge in [-0.05, 0) is 17.7 Å². The summed E-state index contributed by atoms with van der Waals surface area (Å²) in [4.78, 5) is 36.5. The number of anilines is 1. The van der Waals surface area contributed by atoms with Crippen molar-refractivity contribution in [3.8, 4) is 11.3 Å².